The molecule has 1 heterocycles. The molecule has 0 saturated carbocycles. The summed E-state index contributed by atoms with van der Waals surface area (Å²) in [5, 5.41) is 13.0. The Bertz CT molecular complexity index is 1370. The number of amides is 1. The van der Waals surface area contributed by atoms with Gasteiger partial charge in [-0.15, -0.1) is 10.2 Å². The number of methoxy groups -OCH3 is 1. The number of para-hydroxylation sites is 1. The molecule has 12 heteroatoms. The highest BCUT2D eigenvalue weighted by Crippen LogP contribution is 2.29. The number of carbonyl (C=O) groups is 1. The molecule has 0 fully saturated rings. The summed E-state index contributed by atoms with van der Waals surface area (Å²) in [6.07, 6.45) is 0. The van der Waals surface area contributed by atoms with Crippen LogP contribution in [0, 0.1) is 23.3 Å². The van der Waals surface area contributed by atoms with Crippen molar-refractivity contribution in [2.45, 2.75) is 0 Å². The van der Waals surface area contributed by atoms with E-state index in [0.29, 0.717) is 16.7 Å². The number of nitrogens with zero attached hydrogens (tertiary/aromatic N) is 3. The van der Waals surface area contributed by atoms with Crippen LogP contribution in [-0.2, 0) is 0 Å². The van der Waals surface area contributed by atoms with Crippen LogP contribution in [0.2, 0.25) is 0 Å². The molecule has 0 radical (unpaired) electrons. The van der Waals surface area contributed by atoms with Crippen molar-refractivity contribution in [3.8, 4) is 11.4 Å². The molecule has 4 rings (SSSR count). The van der Waals surface area contributed by atoms with E-state index in [1.807, 2.05) is 35.6 Å². The molecule has 7 nitrogen and oxygen atoms in total. The van der Waals surface area contributed by atoms with Crippen LogP contribution in [0.4, 0.5) is 23.2 Å². The Balaban J connectivity index is 1.53. The maximum atomic E-state index is 14.1. The quantitative estimate of drug-likeness (QED) is 0.263. The summed E-state index contributed by atoms with van der Waals surface area (Å²) in [6, 6.07) is 14.0. The van der Waals surface area contributed by atoms with Crippen molar-refractivity contribution in [1.82, 2.24) is 20.3 Å². The normalized spacial score (nSPS) is 10.8. The number of rotatable bonds is 4. The zero-order valence-corrected chi connectivity index (χ0v) is 17.5. The molecule has 3 aromatic carbocycles. The molecule has 0 aliphatic rings. The molecule has 168 valence electrons. The number of fused-ring (bicyclic) bond motifs is 1. The Kier molecular flexibility index (Phi) is 5.92. The summed E-state index contributed by atoms with van der Waals surface area (Å²) >= 11 is 4.98. The number of carbonyl (C=O) groups excluding carboxylic acids is 1. The molecule has 0 unspecified atom stereocenters. The molecular weight excluding hydrogens is 462 g/mol. The molecule has 0 bridgehead atoms. The van der Waals surface area contributed by atoms with Gasteiger partial charge in [0.1, 0.15) is 16.6 Å². The zero-order chi connectivity index (χ0) is 23.7. The average molecular weight is 475 g/mol. The van der Waals surface area contributed by atoms with Gasteiger partial charge in [-0.1, -0.05) is 18.2 Å². The predicted molar refractivity (Wildman–Crippen MR) is 115 cm³/mol. The van der Waals surface area contributed by atoms with E-state index in [9.17, 15) is 22.4 Å². The van der Waals surface area contributed by atoms with Crippen LogP contribution in [0.5, 0.6) is 5.75 Å². The van der Waals surface area contributed by atoms with Crippen LogP contribution in [-0.4, -0.2) is 33.1 Å². The van der Waals surface area contributed by atoms with E-state index in [2.05, 4.69) is 20.3 Å². The number of halogens is 4. The number of thiocarbonyl (C=S) groups is 1. The van der Waals surface area contributed by atoms with Gasteiger partial charge in [0, 0.05) is 5.69 Å². The fourth-order valence-corrected chi connectivity index (χ4v) is 3.20. The number of ether oxygens (including phenoxy) is 1. The molecular formula is C21H13F4N5O2S. The highest BCUT2D eigenvalue weighted by atomic mass is 32.1. The lowest BCUT2D eigenvalue weighted by Gasteiger charge is -2.12. The van der Waals surface area contributed by atoms with E-state index in [0.717, 1.165) is 12.8 Å². The second-order valence-corrected chi connectivity index (χ2v) is 7.01. The van der Waals surface area contributed by atoms with Crippen molar-refractivity contribution in [3.05, 3.63) is 77.4 Å². The highest BCUT2D eigenvalue weighted by molar-refractivity contribution is 7.80. The minimum absolute atomic E-state index is 0.370. The van der Waals surface area contributed by atoms with Gasteiger partial charge in [-0.05, 0) is 42.5 Å². The van der Waals surface area contributed by atoms with Gasteiger partial charge < -0.3 is 10.1 Å². The summed E-state index contributed by atoms with van der Waals surface area (Å²) in [4.78, 5) is 13.7. The molecule has 0 aliphatic carbocycles. The first-order valence-electron chi connectivity index (χ1n) is 9.25. The second-order valence-electron chi connectivity index (χ2n) is 6.60. The second kappa shape index (κ2) is 8.82. The summed E-state index contributed by atoms with van der Waals surface area (Å²) < 4.78 is 60.3. The third-order valence-corrected chi connectivity index (χ3v) is 4.71. The van der Waals surface area contributed by atoms with E-state index in [1.54, 1.807) is 18.2 Å². The monoisotopic (exact) mass is 475 g/mol. The highest BCUT2D eigenvalue weighted by Gasteiger charge is 2.30. The molecule has 0 saturated heterocycles. The van der Waals surface area contributed by atoms with Crippen LogP contribution >= 0.6 is 12.2 Å². The Morgan fingerprint density at radius 3 is 2.21 bits per heavy atom. The molecule has 1 amide bonds. The largest absolute Gasteiger partial charge is 0.491 e. The van der Waals surface area contributed by atoms with Crippen molar-refractivity contribution in [3.63, 3.8) is 0 Å². The summed E-state index contributed by atoms with van der Waals surface area (Å²) in [7, 11) is 0.828. The first-order valence-corrected chi connectivity index (χ1v) is 9.65. The first-order chi connectivity index (χ1) is 15.8. The lowest BCUT2D eigenvalue weighted by molar-refractivity contribution is 0.0966. The molecule has 0 atom stereocenters. The van der Waals surface area contributed by atoms with Crippen LogP contribution in [0.1, 0.15) is 10.4 Å². The van der Waals surface area contributed by atoms with Gasteiger partial charge in [0.05, 0.1) is 12.8 Å². The zero-order valence-electron chi connectivity index (χ0n) is 16.7. The van der Waals surface area contributed by atoms with Crippen molar-refractivity contribution in [2.75, 3.05) is 12.4 Å². The van der Waals surface area contributed by atoms with Gasteiger partial charge in [0.15, 0.2) is 22.5 Å². The molecule has 2 N–H and O–H groups in total. The topological polar surface area (TPSA) is 81.1 Å². The van der Waals surface area contributed by atoms with Gasteiger partial charge in [-0.25, -0.2) is 8.78 Å². The van der Waals surface area contributed by atoms with Gasteiger partial charge in [-0.2, -0.15) is 13.6 Å². The Labute approximate surface area is 189 Å². The third-order valence-electron chi connectivity index (χ3n) is 4.51. The molecule has 0 aliphatic heterocycles. The van der Waals surface area contributed by atoms with E-state index >= 15 is 0 Å². The van der Waals surface area contributed by atoms with E-state index in [-0.39, 0.29) is 5.11 Å². The number of nitrogens with one attached hydrogen (secondary N) is 2. The van der Waals surface area contributed by atoms with E-state index < -0.39 is 40.5 Å². The fraction of sp³-hybridized carbons (Fsp3) is 0.0476. The molecule has 1 aromatic heterocycles. The van der Waals surface area contributed by atoms with Gasteiger partial charge in [-0.3, -0.25) is 10.1 Å². The molecule has 0 spiro atoms. The summed E-state index contributed by atoms with van der Waals surface area (Å²) in [5.74, 6) is -10.3. The maximum absolute atomic E-state index is 14.1. The van der Waals surface area contributed by atoms with E-state index in [1.165, 1.54) is 4.80 Å². The fourth-order valence-electron chi connectivity index (χ4n) is 2.99. The number of hydrogen-bond acceptors (Lipinski definition) is 5. The molecule has 4 aromatic rings. The van der Waals surface area contributed by atoms with E-state index in [4.69, 9.17) is 12.2 Å². The van der Waals surface area contributed by atoms with Gasteiger partial charge >= 0.3 is 0 Å². The predicted octanol–water partition coefficient (Wildman–Crippen LogP) is 4.11. The lowest BCUT2D eigenvalue weighted by Crippen LogP contribution is -2.35. The average Bonchev–Trinajstić information content (AvgIpc) is 3.22. The lowest BCUT2D eigenvalue weighted by atomic mass is 10.1. The smallest absolute Gasteiger partial charge is 0.263 e. The maximum Gasteiger partial charge on any atom is 0.263 e. The minimum atomic E-state index is -1.91. The Morgan fingerprint density at radius 1 is 0.939 bits per heavy atom. The standard InChI is InChI=1S/C21H13F4N5O2S/c1-32-19-17(24)15(22)14(16(23)18(19)25)20(31)27-21(33)26-10-7-8-12-13(9-10)29-30(28-12)11-5-3-2-4-6-11/h2-9H,1H3,(H2,26,27,31,33). The Hall–Kier alpha value is -4.06. The van der Waals surface area contributed by atoms with Crippen molar-refractivity contribution >= 4 is 40.0 Å². The SMILES string of the molecule is COc1c(F)c(F)c(C(=O)NC(=S)Nc2ccc3nn(-c4ccccc4)nc3c2)c(F)c1F. The van der Waals surface area contributed by atoms with Crippen molar-refractivity contribution in [1.29, 1.82) is 0 Å². The van der Waals surface area contributed by atoms with Crippen LogP contribution in [0.15, 0.2) is 48.5 Å². The summed E-state index contributed by atoms with van der Waals surface area (Å²) in [5.41, 5.74) is 0.716. The van der Waals surface area contributed by atoms with Gasteiger partial charge in [0.25, 0.3) is 5.91 Å². The van der Waals surface area contributed by atoms with Gasteiger partial charge in [0.2, 0.25) is 11.6 Å². The third kappa shape index (κ3) is 4.20. The molecule has 33 heavy (non-hydrogen) atoms. The number of benzene rings is 3. The first kappa shape index (κ1) is 22.1. The van der Waals surface area contributed by atoms with Crippen LogP contribution in [0.25, 0.3) is 16.7 Å². The Morgan fingerprint density at radius 2 is 1.58 bits per heavy atom. The minimum Gasteiger partial charge on any atom is -0.491 e. The van der Waals surface area contributed by atoms with Crippen LogP contribution < -0.4 is 15.4 Å². The number of hydrogen-bond donors (Lipinski definition) is 2. The van der Waals surface area contributed by atoms with Crippen molar-refractivity contribution in [2.24, 2.45) is 0 Å². The van der Waals surface area contributed by atoms with Crippen molar-refractivity contribution < 1.29 is 27.1 Å². The summed E-state index contributed by atoms with van der Waals surface area (Å²) in [6.45, 7) is 0. The number of anilines is 1. The van der Waals surface area contributed by atoms with Crippen LogP contribution in [0.3, 0.4) is 0 Å². The number of aromatic nitrogens is 3.